The average Bonchev–Trinajstić information content (AvgIpc) is 3.62. The van der Waals surface area contributed by atoms with E-state index in [0.717, 1.165) is 50.3 Å². The van der Waals surface area contributed by atoms with Gasteiger partial charge in [-0.25, -0.2) is 15.0 Å². The molecule has 206 valence electrons. The van der Waals surface area contributed by atoms with Crippen LogP contribution in [0.15, 0.2) is 158 Å². The SMILES string of the molecule is c1ccc(-c2nc(-c3ccc4c(c3)C(c3ccccc3)(c3ccccc3)c3nc5ccccc5n3-4)nc3ccccc23)cc1. The highest BCUT2D eigenvalue weighted by Gasteiger charge is 2.49. The Labute approximate surface area is 255 Å². The summed E-state index contributed by atoms with van der Waals surface area (Å²) in [6.07, 6.45) is 0. The molecule has 0 atom stereocenters. The first-order valence-corrected chi connectivity index (χ1v) is 14.9. The van der Waals surface area contributed by atoms with Gasteiger partial charge in [0.15, 0.2) is 5.82 Å². The van der Waals surface area contributed by atoms with Crippen LogP contribution in [-0.4, -0.2) is 19.5 Å². The lowest BCUT2D eigenvalue weighted by molar-refractivity contribution is 0.718. The molecular weight excluding hydrogens is 536 g/mol. The van der Waals surface area contributed by atoms with Crippen LogP contribution in [0.5, 0.6) is 0 Å². The van der Waals surface area contributed by atoms with Crippen molar-refractivity contribution in [3.05, 3.63) is 180 Å². The van der Waals surface area contributed by atoms with Gasteiger partial charge < -0.3 is 0 Å². The first-order valence-electron chi connectivity index (χ1n) is 14.9. The Hall–Kier alpha value is -5.87. The Morgan fingerprint density at radius 1 is 0.477 bits per heavy atom. The second-order valence-electron chi connectivity index (χ2n) is 11.3. The molecule has 1 aliphatic rings. The van der Waals surface area contributed by atoms with Crippen LogP contribution in [0.2, 0.25) is 0 Å². The van der Waals surface area contributed by atoms with Crippen molar-refractivity contribution >= 4 is 21.9 Å². The second kappa shape index (κ2) is 9.58. The monoisotopic (exact) mass is 562 g/mol. The Morgan fingerprint density at radius 2 is 1.09 bits per heavy atom. The maximum absolute atomic E-state index is 5.34. The van der Waals surface area contributed by atoms with Crippen LogP contribution in [0.1, 0.15) is 22.5 Å². The number of hydrogen-bond acceptors (Lipinski definition) is 3. The summed E-state index contributed by atoms with van der Waals surface area (Å²) in [5, 5.41) is 1.04. The minimum Gasteiger partial charge on any atom is -0.295 e. The predicted octanol–water partition coefficient (Wildman–Crippen LogP) is 9.00. The first-order chi connectivity index (χ1) is 21.8. The van der Waals surface area contributed by atoms with Crippen molar-refractivity contribution in [2.45, 2.75) is 5.41 Å². The standard InChI is InChI=1S/C40H26N4/c1-4-14-27(15-5-1)37-31-20-10-11-21-33(31)41-38(43-37)28-24-25-35-32(26-28)40(29-16-6-2-7-17-29,30-18-8-3-9-19-30)39-42-34-22-12-13-23-36(34)44(35)39/h1-26H. The number of imidazole rings is 1. The Morgan fingerprint density at radius 3 is 1.82 bits per heavy atom. The summed E-state index contributed by atoms with van der Waals surface area (Å²) in [7, 11) is 0. The quantitative estimate of drug-likeness (QED) is 0.215. The molecule has 1 aliphatic heterocycles. The van der Waals surface area contributed by atoms with E-state index in [-0.39, 0.29) is 0 Å². The highest BCUT2D eigenvalue weighted by molar-refractivity contribution is 5.94. The molecule has 4 nitrogen and oxygen atoms in total. The van der Waals surface area contributed by atoms with Gasteiger partial charge in [0, 0.05) is 16.5 Å². The Kier molecular flexibility index (Phi) is 5.38. The molecule has 0 amide bonds. The van der Waals surface area contributed by atoms with Crippen molar-refractivity contribution in [2.75, 3.05) is 0 Å². The summed E-state index contributed by atoms with van der Waals surface area (Å²) < 4.78 is 2.34. The van der Waals surface area contributed by atoms with Crippen molar-refractivity contribution in [2.24, 2.45) is 0 Å². The van der Waals surface area contributed by atoms with E-state index in [4.69, 9.17) is 15.0 Å². The molecule has 0 aliphatic carbocycles. The smallest absolute Gasteiger partial charge is 0.160 e. The van der Waals surface area contributed by atoms with Crippen molar-refractivity contribution < 1.29 is 0 Å². The minimum absolute atomic E-state index is 0.633. The molecule has 9 rings (SSSR count). The lowest BCUT2D eigenvalue weighted by Crippen LogP contribution is -2.29. The van der Waals surface area contributed by atoms with Gasteiger partial charge in [-0.05, 0) is 53.1 Å². The largest absolute Gasteiger partial charge is 0.295 e. The van der Waals surface area contributed by atoms with E-state index >= 15 is 0 Å². The van der Waals surface area contributed by atoms with Gasteiger partial charge in [-0.1, -0.05) is 121 Å². The van der Waals surface area contributed by atoms with Gasteiger partial charge in [0.25, 0.3) is 0 Å². The van der Waals surface area contributed by atoms with E-state index in [1.54, 1.807) is 0 Å². The van der Waals surface area contributed by atoms with Crippen LogP contribution < -0.4 is 0 Å². The van der Waals surface area contributed by atoms with Crippen LogP contribution in [0.3, 0.4) is 0 Å². The molecule has 0 spiro atoms. The van der Waals surface area contributed by atoms with Crippen molar-refractivity contribution in [1.82, 2.24) is 19.5 Å². The first kappa shape index (κ1) is 24.7. The van der Waals surface area contributed by atoms with E-state index in [1.165, 1.54) is 16.7 Å². The number of fused-ring (bicyclic) bond motifs is 6. The number of aromatic nitrogens is 4. The Balaban J connectivity index is 1.37. The fourth-order valence-electron chi connectivity index (χ4n) is 6.95. The van der Waals surface area contributed by atoms with Gasteiger partial charge in [-0.2, -0.15) is 0 Å². The third kappa shape index (κ3) is 3.48. The third-order valence-electron chi connectivity index (χ3n) is 8.86. The third-order valence-corrected chi connectivity index (χ3v) is 8.86. The van der Waals surface area contributed by atoms with Crippen molar-refractivity contribution in [3.8, 4) is 28.3 Å². The zero-order chi connectivity index (χ0) is 29.1. The van der Waals surface area contributed by atoms with Gasteiger partial charge in [0.2, 0.25) is 0 Å². The van der Waals surface area contributed by atoms with Crippen molar-refractivity contribution in [1.29, 1.82) is 0 Å². The molecular formula is C40H26N4. The van der Waals surface area contributed by atoms with Crippen molar-refractivity contribution in [3.63, 3.8) is 0 Å². The molecule has 8 aromatic rings. The van der Waals surface area contributed by atoms with Crippen LogP contribution in [0.25, 0.3) is 50.3 Å². The van der Waals surface area contributed by atoms with E-state index in [0.29, 0.717) is 5.82 Å². The summed E-state index contributed by atoms with van der Waals surface area (Å²) in [6.45, 7) is 0. The number of nitrogens with zero attached hydrogens (tertiary/aromatic N) is 4. The van der Waals surface area contributed by atoms with Gasteiger partial charge in [-0.3, -0.25) is 4.57 Å². The number of hydrogen-bond donors (Lipinski definition) is 0. The zero-order valence-electron chi connectivity index (χ0n) is 23.8. The summed E-state index contributed by atoms with van der Waals surface area (Å²) in [6, 6.07) is 55.2. The highest BCUT2D eigenvalue weighted by Crippen LogP contribution is 2.53. The predicted molar refractivity (Wildman–Crippen MR) is 177 cm³/mol. The van der Waals surface area contributed by atoms with E-state index in [9.17, 15) is 0 Å². The molecule has 4 heteroatoms. The van der Waals surface area contributed by atoms with Crippen LogP contribution >= 0.6 is 0 Å². The van der Waals surface area contributed by atoms with E-state index in [1.807, 2.05) is 18.2 Å². The molecule has 0 bridgehead atoms. The van der Waals surface area contributed by atoms with Gasteiger partial charge in [-0.15, -0.1) is 0 Å². The molecule has 0 N–H and O–H groups in total. The Bertz CT molecular complexity index is 2280. The molecule has 2 aromatic heterocycles. The summed E-state index contributed by atoms with van der Waals surface area (Å²) in [5.41, 5.74) is 9.97. The van der Waals surface area contributed by atoms with Crippen LogP contribution in [0.4, 0.5) is 0 Å². The number of benzene rings is 6. The molecule has 0 saturated carbocycles. The molecule has 0 radical (unpaired) electrons. The van der Waals surface area contributed by atoms with E-state index < -0.39 is 5.41 Å². The normalized spacial score (nSPS) is 13.2. The molecule has 3 heterocycles. The topological polar surface area (TPSA) is 43.6 Å². The minimum atomic E-state index is -0.633. The van der Waals surface area contributed by atoms with E-state index in [2.05, 4.69) is 144 Å². The molecule has 44 heavy (non-hydrogen) atoms. The number of rotatable bonds is 4. The lowest BCUT2D eigenvalue weighted by atomic mass is 9.69. The van der Waals surface area contributed by atoms with Gasteiger partial charge in [0.1, 0.15) is 11.2 Å². The van der Waals surface area contributed by atoms with Gasteiger partial charge in [0.05, 0.1) is 27.9 Å². The average molecular weight is 563 g/mol. The fourth-order valence-corrected chi connectivity index (χ4v) is 6.95. The zero-order valence-corrected chi connectivity index (χ0v) is 23.8. The number of para-hydroxylation sites is 3. The van der Waals surface area contributed by atoms with Gasteiger partial charge >= 0.3 is 0 Å². The molecule has 0 unspecified atom stereocenters. The van der Waals surface area contributed by atoms with Crippen LogP contribution in [0, 0.1) is 0 Å². The summed E-state index contributed by atoms with van der Waals surface area (Å²) in [5.74, 6) is 1.70. The molecule has 0 saturated heterocycles. The van der Waals surface area contributed by atoms with Crippen LogP contribution in [-0.2, 0) is 5.41 Å². The summed E-state index contributed by atoms with van der Waals surface area (Å²) in [4.78, 5) is 15.7. The molecule has 6 aromatic carbocycles. The maximum atomic E-state index is 5.34. The fraction of sp³-hybridized carbons (Fsp3) is 0.0250. The summed E-state index contributed by atoms with van der Waals surface area (Å²) >= 11 is 0. The molecule has 0 fully saturated rings. The second-order valence-corrected chi connectivity index (χ2v) is 11.3. The maximum Gasteiger partial charge on any atom is 0.160 e. The lowest BCUT2D eigenvalue weighted by Gasteiger charge is -2.31. The highest BCUT2D eigenvalue weighted by atomic mass is 15.1.